The van der Waals surface area contributed by atoms with E-state index < -0.39 is 7.14 Å². The van der Waals surface area contributed by atoms with Crippen molar-refractivity contribution in [3.63, 3.8) is 0 Å². The van der Waals surface area contributed by atoms with Crippen molar-refractivity contribution >= 4 is 50.9 Å². The number of hydrogen-bond donors (Lipinski definition) is 0. The Morgan fingerprint density at radius 3 is 2.00 bits per heavy atom. The van der Waals surface area contributed by atoms with Crippen molar-refractivity contribution in [2.45, 2.75) is 26.7 Å². The highest BCUT2D eigenvalue weighted by Gasteiger charge is 2.41. The van der Waals surface area contributed by atoms with Crippen LogP contribution in [0.4, 0.5) is 0 Å². The van der Waals surface area contributed by atoms with Crippen LogP contribution >= 0.6 is 7.14 Å². The Balaban J connectivity index is 1.23. The average Bonchev–Trinajstić information content (AvgIpc) is 3.14. The summed E-state index contributed by atoms with van der Waals surface area (Å²) in [6, 6.07) is 46.8. The van der Waals surface area contributed by atoms with Gasteiger partial charge in [0, 0.05) is 21.9 Å². The van der Waals surface area contributed by atoms with Gasteiger partial charge in [-0.05, 0) is 80.2 Å². The highest BCUT2D eigenvalue weighted by Crippen LogP contribution is 2.55. The van der Waals surface area contributed by atoms with Gasteiger partial charge in [-0.2, -0.15) is 0 Å². The lowest BCUT2D eigenvalue weighted by Crippen LogP contribution is -2.30. The van der Waals surface area contributed by atoms with Gasteiger partial charge in [0.25, 0.3) is 0 Å². The van der Waals surface area contributed by atoms with E-state index in [-0.39, 0.29) is 11.3 Å². The van der Waals surface area contributed by atoms with E-state index >= 15 is 4.57 Å². The monoisotopic (exact) mass is 650 g/mol. The summed E-state index contributed by atoms with van der Waals surface area (Å²) in [6.45, 7) is 6.53. The fourth-order valence-corrected chi connectivity index (χ4v) is 10.6. The third-order valence-corrected chi connectivity index (χ3v) is 13.8. The molecule has 0 heterocycles. The molecule has 238 valence electrons. The molecule has 0 radical (unpaired) electrons. The standard InChI is InChI=1S/C47H39OP/c1-33(45-42-21-10-7-15-36(42)31-37-16-8-11-22-43(37)45)24-25-34(2)49(48,40-19-5-4-6-20-40)41-28-26-35(27-29-41)46-44-23-12-9-17-38(44)32-39-18-13-14-30-47(39,46)3/h4-32,46H,1-3H3/b33-24+,34-25+. The maximum atomic E-state index is 15.5. The Morgan fingerprint density at radius 1 is 0.673 bits per heavy atom. The lowest BCUT2D eigenvalue weighted by Gasteiger charge is -2.42. The number of rotatable bonds is 6. The second-order valence-electron chi connectivity index (χ2n) is 13.6. The Bertz CT molecular complexity index is 2380. The highest BCUT2D eigenvalue weighted by molar-refractivity contribution is 7.82. The zero-order valence-electron chi connectivity index (χ0n) is 28.2. The van der Waals surface area contributed by atoms with Crippen LogP contribution in [0, 0.1) is 5.41 Å². The lowest BCUT2D eigenvalue weighted by molar-refractivity contribution is 0.450. The van der Waals surface area contributed by atoms with Gasteiger partial charge in [0.05, 0.1) is 0 Å². The van der Waals surface area contributed by atoms with Crippen molar-refractivity contribution in [2.24, 2.45) is 5.41 Å². The van der Waals surface area contributed by atoms with E-state index in [0.717, 1.165) is 21.5 Å². The summed E-state index contributed by atoms with van der Waals surface area (Å²) < 4.78 is 15.5. The first-order valence-corrected chi connectivity index (χ1v) is 18.8. The largest absolute Gasteiger partial charge is 0.309 e. The van der Waals surface area contributed by atoms with Crippen LogP contribution in [-0.2, 0) is 4.57 Å². The van der Waals surface area contributed by atoms with E-state index in [0.29, 0.717) is 0 Å². The first kappa shape index (κ1) is 31.1. The van der Waals surface area contributed by atoms with Crippen molar-refractivity contribution in [1.82, 2.24) is 0 Å². The summed E-state index contributed by atoms with van der Waals surface area (Å²) in [5.41, 5.74) is 7.33. The van der Waals surface area contributed by atoms with Crippen LogP contribution < -0.4 is 10.6 Å². The number of benzene rings is 6. The fraction of sp³-hybridized carbons (Fsp3) is 0.106. The summed E-state index contributed by atoms with van der Waals surface area (Å²) in [4.78, 5) is 0. The molecule has 0 saturated heterocycles. The molecule has 6 aromatic rings. The minimum absolute atomic E-state index is 0.146. The molecule has 2 aliphatic carbocycles. The molecule has 0 fully saturated rings. The van der Waals surface area contributed by atoms with Gasteiger partial charge < -0.3 is 4.57 Å². The molecule has 3 unspecified atom stereocenters. The van der Waals surface area contributed by atoms with Crippen LogP contribution in [0.5, 0.6) is 0 Å². The minimum atomic E-state index is -3.15. The van der Waals surface area contributed by atoms with Gasteiger partial charge in [0.15, 0.2) is 7.14 Å². The Hall–Kier alpha value is -5.23. The minimum Gasteiger partial charge on any atom is -0.309 e. The molecule has 0 N–H and O–H groups in total. The Labute approximate surface area is 289 Å². The molecule has 8 rings (SSSR count). The smallest absolute Gasteiger partial charge is 0.166 e. The van der Waals surface area contributed by atoms with E-state index in [2.05, 4.69) is 160 Å². The van der Waals surface area contributed by atoms with Crippen LogP contribution in [-0.4, -0.2) is 0 Å². The predicted octanol–water partition coefficient (Wildman–Crippen LogP) is 12.0. The lowest BCUT2D eigenvalue weighted by atomic mass is 9.61. The van der Waals surface area contributed by atoms with Gasteiger partial charge in [0.1, 0.15) is 0 Å². The Kier molecular flexibility index (Phi) is 7.82. The second-order valence-corrected chi connectivity index (χ2v) is 16.5. The zero-order chi connectivity index (χ0) is 33.6. The first-order chi connectivity index (χ1) is 23.9. The molecule has 0 amide bonds. The molecule has 2 aliphatic rings. The van der Waals surface area contributed by atoms with Gasteiger partial charge in [0.2, 0.25) is 0 Å². The van der Waals surface area contributed by atoms with Crippen molar-refractivity contribution in [1.29, 1.82) is 0 Å². The topological polar surface area (TPSA) is 17.1 Å². The summed E-state index contributed by atoms with van der Waals surface area (Å²) >= 11 is 0. The summed E-state index contributed by atoms with van der Waals surface area (Å²) in [6.07, 6.45) is 15.4. The molecular weight excluding hydrogens is 611 g/mol. The molecule has 2 heteroatoms. The molecule has 6 aromatic carbocycles. The molecule has 49 heavy (non-hydrogen) atoms. The maximum absolute atomic E-state index is 15.5. The summed E-state index contributed by atoms with van der Waals surface area (Å²) in [5.74, 6) is 0.146. The second kappa shape index (κ2) is 12.3. The van der Waals surface area contributed by atoms with Crippen LogP contribution in [0.15, 0.2) is 181 Å². The van der Waals surface area contributed by atoms with Crippen molar-refractivity contribution in [2.75, 3.05) is 0 Å². The number of fused-ring (bicyclic) bond motifs is 4. The SMILES string of the molecule is C/C(=C\C=C(/C)P(=O)(c1ccccc1)c1ccc(C2c3ccccc3C=C3C=CC=CC32C)cc1)c1c2ccccc2cc2ccccc12. The molecule has 0 spiro atoms. The van der Waals surface area contributed by atoms with Gasteiger partial charge in [-0.25, -0.2) is 0 Å². The maximum Gasteiger partial charge on any atom is 0.166 e. The van der Waals surface area contributed by atoms with E-state index in [4.69, 9.17) is 0 Å². The average molecular weight is 651 g/mol. The third kappa shape index (κ3) is 5.21. The van der Waals surface area contributed by atoms with Crippen molar-refractivity contribution in [3.8, 4) is 0 Å². The molecule has 0 aromatic heterocycles. The third-order valence-electron chi connectivity index (χ3n) is 10.6. The van der Waals surface area contributed by atoms with E-state index in [1.54, 1.807) is 0 Å². The molecule has 1 nitrogen and oxygen atoms in total. The van der Waals surface area contributed by atoms with Gasteiger partial charge in [-0.1, -0.05) is 177 Å². The number of hydrogen-bond acceptors (Lipinski definition) is 1. The van der Waals surface area contributed by atoms with Gasteiger partial charge in [-0.15, -0.1) is 0 Å². The van der Waals surface area contributed by atoms with Gasteiger partial charge >= 0.3 is 0 Å². The zero-order valence-corrected chi connectivity index (χ0v) is 29.1. The van der Waals surface area contributed by atoms with E-state index in [9.17, 15) is 0 Å². The van der Waals surface area contributed by atoms with Crippen LogP contribution in [0.1, 0.15) is 48.9 Å². The van der Waals surface area contributed by atoms with Crippen molar-refractivity contribution in [3.05, 3.63) is 203 Å². The molecule has 0 aliphatic heterocycles. The van der Waals surface area contributed by atoms with E-state index in [1.807, 2.05) is 37.3 Å². The van der Waals surface area contributed by atoms with Gasteiger partial charge in [-0.3, -0.25) is 0 Å². The van der Waals surface area contributed by atoms with Crippen LogP contribution in [0.3, 0.4) is 0 Å². The highest BCUT2D eigenvalue weighted by atomic mass is 31.2. The molecular formula is C47H39OP. The molecule has 0 saturated carbocycles. The predicted molar refractivity (Wildman–Crippen MR) is 211 cm³/mol. The first-order valence-electron chi connectivity index (χ1n) is 17.1. The number of allylic oxidation sites excluding steroid dienone is 9. The van der Waals surface area contributed by atoms with Crippen LogP contribution in [0.2, 0.25) is 0 Å². The van der Waals surface area contributed by atoms with Crippen LogP contribution in [0.25, 0.3) is 33.2 Å². The summed E-state index contributed by atoms with van der Waals surface area (Å²) in [5, 5.41) is 7.44. The fourth-order valence-electron chi connectivity index (χ4n) is 8.02. The Morgan fingerprint density at radius 2 is 1.29 bits per heavy atom. The summed E-state index contributed by atoms with van der Waals surface area (Å²) in [7, 11) is -3.15. The quantitative estimate of drug-likeness (QED) is 0.0996. The van der Waals surface area contributed by atoms with E-state index in [1.165, 1.54) is 49.4 Å². The van der Waals surface area contributed by atoms with Crippen molar-refractivity contribution < 1.29 is 4.57 Å². The molecule has 3 atom stereocenters. The normalized spacial score (nSPS) is 20.1. The molecule has 0 bridgehead atoms.